The summed E-state index contributed by atoms with van der Waals surface area (Å²) < 4.78 is 0. The number of aliphatic carboxylic acids is 1. The average molecular weight is 301 g/mol. The van der Waals surface area contributed by atoms with Crippen LogP contribution in [0.15, 0.2) is 0 Å². The molecule has 19 heavy (non-hydrogen) atoms. The van der Waals surface area contributed by atoms with E-state index in [0.29, 0.717) is 0 Å². The molecule has 1 N–H and O–H groups in total. The Morgan fingerprint density at radius 3 is 1.89 bits per heavy atom. The van der Waals surface area contributed by atoms with Crippen molar-refractivity contribution in [1.82, 2.24) is 0 Å². The molecule has 0 amide bonds. The van der Waals surface area contributed by atoms with Crippen molar-refractivity contribution in [3.63, 3.8) is 0 Å². The maximum atomic E-state index is 10.7. The molecule has 0 fully saturated rings. The minimum absolute atomic E-state index is 0. The molecule has 3 unspecified atom stereocenters. The van der Waals surface area contributed by atoms with Gasteiger partial charge in [-0.2, -0.15) is 0 Å². The summed E-state index contributed by atoms with van der Waals surface area (Å²) in [5.74, 6) is 0.709. The van der Waals surface area contributed by atoms with Crippen molar-refractivity contribution >= 4 is 47.1 Å². The van der Waals surface area contributed by atoms with Crippen molar-refractivity contribution in [1.29, 1.82) is 0 Å². The first-order valence-corrected chi connectivity index (χ1v) is 7.65. The minimum atomic E-state index is -0.894. The predicted molar refractivity (Wildman–Crippen MR) is 85.3 cm³/mol. The first-order valence-electron chi connectivity index (χ1n) is 7.21. The molecule has 0 saturated heterocycles. The molecule has 0 aromatic rings. The first kappa shape index (κ1) is 22.0. The van der Waals surface area contributed by atoms with Gasteiger partial charge in [-0.05, 0) is 24.2 Å². The molecule has 0 aliphatic heterocycles. The van der Waals surface area contributed by atoms with Gasteiger partial charge in [-0.15, -0.1) is 11.6 Å². The van der Waals surface area contributed by atoms with Crippen molar-refractivity contribution in [3.8, 4) is 0 Å². The molecule has 0 radical (unpaired) electrons. The number of carboxylic acids is 1. The number of alkyl halides is 1. The third-order valence-electron chi connectivity index (χ3n) is 3.57. The molecule has 110 valence electrons. The van der Waals surface area contributed by atoms with E-state index in [1.54, 1.807) is 0 Å². The van der Waals surface area contributed by atoms with Crippen LogP contribution in [0.5, 0.6) is 0 Å². The summed E-state index contributed by atoms with van der Waals surface area (Å²) in [5, 5.41) is 8.06. The summed E-state index contributed by atoms with van der Waals surface area (Å²) in [7, 11) is 0. The van der Waals surface area contributed by atoms with E-state index in [9.17, 15) is 4.79 Å². The van der Waals surface area contributed by atoms with Gasteiger partial charge in [-0.1, -0.05) is 59.8 Å². The second kappa shape index (κ2) is 12.5. The zero-order valence-corrected chi connectivity index (χ0v) is 13.0. The number of carbonyl (C=O) groups is 1. The fourth-order valence-corrected chi connectivity index (χ4v) is 2.32. The molecule has 0 aliphatic rings. The van der Waals surface area contributed by atoms with Gasteiger partial charge in [0, 0.05) is 0 Å². The Kier molecular flexibility index (Phi) is 14.5. The molecule has 0 heterocycles. The molecule has 0 aliphatic carbocycles. The van der Waals surface area contributed by atoms with Crippen LogP contribution in [0, 0.1) is 17.8 Å². The van der Waals surface area contributed by atoms with E-state index >= 15 is 0 Å². The van der Waals surface area contributed by atoms with Gasteiger partial charge in [0.05, 0.1) is 0 Å². The molecule has 4 heteroatoms. The Morgan fingerprint density at radius 2 is 1.47 bits per heavy atom. The Morgan fingerprint density at radius 1 is 1.00 bits per heavy atom. The van der Waals surface area contributed by atoms with Crippen LogP contribution < -0.4 is 0 Å². The monoisotopic (exact) mass is 300 g/mol. The molecule has 0 aromatic carbocycles. The molecule has 0 rings (SSSR count). The van der Waals surface area contributed by atoms with Gasteiger partial charge in [-0.3, -0.25) is 4.79 Å². The van der Waals surface area contributed by atoms with Crippen LogP contribution in [0.2, 0.25) is 0 Å². The van der Waals surface area contributed by atoms with Crippen LogP contribution >= 0.6 is 11.6 Å². The summed E-state index contributed by atoms with van der Waals surface area (Å²) in [6.07, 6.45) is 7.09. The average Bonchev–Trinajstić information content (AvgIpc) is 2.27. The Bertz CT molecular complexity index is 234. The van der Waals surface area contributed by atoms with Gasteiger partial charge < -0.3 is 5.11 Å². The van der Waals surface area contributed by atoms with Crippen molar-refractivity contribution < 1.29 is 9.90 Å². The number of carboxylic acid groups (broad SMARTS) is 1. The van der Waals surface area contributed by atoms with Crippen molar-refractivity contribution in [3.05, 3.63) is 0 Å². The second-order valence-electron chi connectivity index (χ2n) is 6.08. The summed E-state index contributed by atoms with van der Waals surface area (Å²) in [5.41, 5.74) is 0. The van der Waals surface area contributed by atoms with Crippen molar-refractivity contribution in [2.24, 2.45) is 17.8 Å². The quantitative estimate of drug-likeness (QED) is 0.482. The Labute approximate surface area is 146 Å². The van der Waals surface area contributed by atoms with E-state index in [1.807, 2.05) is 6.92 Å². The third-order valence-corrected chi connectivity index (χ3v) is 4.19. The normalized spacial score (nSPS) is 15.7. The summed E-state index contributed by atoms with van der Waals surface area (Å²) in [6, 6.07) is 0. The van der Waals surface area contributed by atoms with E-state index in [2.05, 4.69) is 20.8 Å². The maximum absolute atomic E-state index is 10.7. The molecule has 0 bridgehead atoms. The van der Waals surface area contributed by atoms with Gasteiger partial charge >= 0.3 is 35.5 Å². The van der Waals surface area contributed by atoms with Crippen LogP contribution in [0.25, 0.3) is 0 Å². The van der Waals surface area contributed by atoms with Gasteiger partial charge in [0.1, 0.15) is 5.38 Å². The first-order chi connectivity index (χ1) is 8.34. The number of halogens is 1. The molecule has 0 saturated carbocycles. The number of rotatable bonds is 10. The van der Waals surface area contributed by atoms with Crippen LogP contribution in [0.4, 0.5) is 0 Å². The molecular weight excluding hydrogens is 271 g/mol. The van der Waals surface area contributed by atoms with Crippen LogP contribution in [-0.2, 0) is 4.79 Å². The van der Waals surface area contributed by atoms with E-state index in [-0.39, 0.29) is 35.5 Å². The number of hydrogen-bond acceptors (Lipinski definition) is 1. The van der Waals surface area contributed by atoms with Gasteiger partial charge in [0.25, 0.3) is 0 Å². The van der Waals surface area contributed by atoms with E-state index in [0.717, 1.165) is 24.7 Å². The molecule has 2 nitrogen and oxygen atoms in total. The van der Waals surface area contributed by atoms with E-state index in [1.165, 1.54) is 25.7 Å². The molecule has 0 aromatic heterocycles. The molecule has 3 atom stereocenters. The van der Waals surface area contributed by atoms with Crippen LogP contribution in [0.1, 0.15) is 66.2 Å². The Balaban J connectivity index is 0. The second-order valence-corrected chi connectivity index (χ2v) is 6.55. The molecular formula is C15H30ClNaO2. The molecule has 0 spiro atoms. The van der Waals surface area contributed by atoms with Gasteiger partial charge in [-0.25, -0.2) is 0 Å². The summed E-state index contributed by atoms with van der Waals surface area (Å²) in [4.78, 5) is 10.7. The van der Waals surface area contributed by atoms with E-state index < -0.39 is 11.3 Å². The van der Waals surface area contributed by atoms with Crippen LogP contribution in [-0.4, -0.2) is 46.0 Å². The fraction of sp³-hybridized carbons (Fsp3) is 0.933. The van der Waals surface area contributed by atoms with Crippen LogP contribution in [0.3, 0.4) is 0 Å². The summed E-state index contributed by atoms with van der Waals surface area (Å²) >= 11 is 5.80. The third kappa shape index (κ3) is 12.2. The summed E-state index contributed by atoms with van der Waals surface area (Å²) in [6.45, 7) is 8.74. The fourth-order valence-electron chi connectivity index (χ4n) is 2.20. The standard InChI is InChI=1S/C15H29ClO2.Na.H/c1-11(2)7-5-8-12(3)9-6-10-13(4)14(16)15(17)18;;/h11-14H,5-10H2,1-4H3,(H,17,18);;. The van der Waals surface area contributed by atoms with Gasteiger partial charge in [0.15, 0.2) is 0 Å². The van der Waals surface area contributed by atoms with Gasteiger partial charge in [0.2, 0.25) is 0 Å². The predicted octanol–water partition coefficient (Wildman–Crippen LogP) is 4.30. The van der Waals surface area contributed by atoms with Crippen molar-refractivity contribution in [2.45, 2.75) is 71.6 Å². The topological polar surface area (TPSA) is 37.3 Å². The van der Waals surface area contributed by atoms with Crippen molar-refractivity contribution in [2.75, 3.05) is 0 Å². The number of hydrogen-bond donors (Lipinski definition) is 1. The Hall–Kier alpha value is 0.760. The SMILES string of the molecule is CC(C)CCCC(C)CCCC(C)C(Cl)C(=O)O.[NaH]. The van der Waals surface area contributed by atoms with E-state index in [4.69, 9.17) is 16.7 Å². The zero-order chi connectivity index (χ0) is 14.1. The zero-order valence-electron chi connectivity index (χ0n) is 12.3.